The molecule has 1 aliphatic carbocycles. The molecule has 1 atom stereocenters. The van der Waals surface area contributed by atoms with Gasteiger partial charge < -0.3 is 10.6 Å². The van der Waals surface area contributed by atoms with Gasteiger partial charge in [0.25, 0.3) is 5.91 Å². The van der Waals surface area contributed by atoms with Crippen LogP contribution >= 0.6 is 0 Å². The number of benzene rings is 1. The van der Waals surface area contributed by atoms with Gasteiger partial charge in [-0.1, -0.05) is 0 Å². The highest BCUT2D eigenvalue weighted by Crippen LogP contribution is 2.29. The molecular weight excluding hydrogens is 368 g/mol. The van der Waals surface area contributed by atoms with E-state index in [0.717, 1.165) is 23.8 Å². The molecule has 3 fully saturated rings. The third-order valence-corrected chi connectivity index (χ3v) is 7.24. The Balaban J connectivity index is 1.39. The van der Waals surface area contributed by atoms with Crippen LogP contribution in [0.4, 0.5) is 0 Å². The molecule has 2 amide bonds. The molecule has 27 heavy (non-hydrogen) atoms. The second kappa shape index (κ2) is 7.21. The van der Waals surface area contributed by atoms with Gasteiger partial charge >= 0.3 is 0 Å². The zero-order valence-electron chi connectivity index (χ0n) is 15.1. The van der Waals surface area contributed by atoms with E-state index < -0.39 is 10.0 Å². The summed E-state index contributed by atoms with van der Waals surface area (Å²) in [5, 5.41) is 5.65. The SMILES string of the molecule is O=C1CN(S(=O)(=O)c2ccc(C(=O)NC3CCN(C4CC4)C3)cc2)CCN1. The number of rotatable bonds is 5. The van der Waals surface area contributed by atoms with E-state index in [1.807, 2.05) is 0 Å². The van der Waals surface area contributed by atoms with Crippen molar-refractivity contribution < 1.29 is 18.0 Å². The van der Waals surface area contributed by atoms with Crippen molar-refractivity contribution in [1.82, 2.24) is 19.8 Å². The Morgan fingerprint density at radius 1 is 1.11 bits per heavy atom. The van der Waals surface area contributed by atoms with E-state index in [1.54, 1.807) is 0 Å². The summed E-state index contributed by atoms with van der Waals surface area (Å²) in [5.74, 6) is -0.489. The molecule has 2 saturated heterocycles. The lowest BCUT2D eigenvalue weighted by Crippen LogP contribution is -2.49. The van der Waals surface area contributed by atoms with Crippen LogP contribution in [0.5, 0.6) is 0 Å². The molecule has 1 aromatic rings. The first kappa shape index (κ1) is 18.4. The van der Waals surface area contributed by atoms with Crippen molar-refractivity contribution in [3.05, 3.63) is 29.8 Å². The zero-order valence-corrected chi connectivity index (χ0v) is 15.9. The molecule has 4 rings (SSSR count). The third-order valence-electron chi connectivity index (χ3n) is 5.38. The highest BCUT2D eigenvalue weighted by atomic mass is 32.2. The summed E-state index contributed by atoms with van der Waals surface area (Å²) in [6.07, 6.45) is 3.47. The van der Waals surface area contributed by atoms with Crippen molar-refractivity contribution in [2.75, 3.05) is 32.7 Å². The van der Waals surface area contributed by atoms with Crippen LogP contribution in [0.1, 0.15) is 29.6 Å². The lowest BCUT2D eigenvalue weighted by atomic mass is 10.2. The zero-order chi connectivity index (χ0) is 19.0. The molecule has 1 aromatic carbocycles. The van der Waals surface area contributed by atoms with E-state index in [-0.39, 0.29) is 35.8 Å². The molecule has 1 unspecified atom stereocenters. The summed E-state index contributed by atoms with van der Waals surface area (Å²) in [5.41, 5.74) is 0.440. The fourth-order valence-electron chi connectivity index (χ4n) is 3.69. The fraction of sp³-hybridized carbons (Fsp3) is 0.556. The molecule has 0 spiro atoms. The van der Waals surface area contributed by atoms with Gasteiger partial charge in [0.05, 0.1) is 11.4 Å². The van der Waals surface area contributed by atoms with Crippen molar-refractivity contribution in [1.29, 1.82) is 0 Å². The van der Waals surface area contributed by atoms with Gasteiger partial charge in [0.15, 0.2) is 0 Å². The second-order valence-corrected chi connectivity index (χ2v) is 9.34. The second-order valence-electron chi connectivity index (χ2n) is 7.40. The maximum Gasteiger partial charge on any atom is 0.251 e. The summed E-state index contributed by atoms with van der Waals surface area (Å²) in [4.78, 5) is 26.4. The molecule has 9 heteroatoms. The third kappa shape index (κ3) is 3.99. The van der Waals surface area contributed by atoms with Crippen molar-refractivity contribution in [2.45, 2.75) is 36.2 Å². The summed E-state index contributed by atoms with van der Waals surface area (Å²) in [6, 6.07) is 6.77. The Labute approximate surface area is 158 Å². The summed E-state index contributed by atoms with van der Waals surface area (Å²) in [7, 11) is -3.74. The number of nitrogens with zero attached hydrogens (tertiary/aromatic N) is 2. The Kier molecular flexibility index (Phi) is 4.92. The topological polar surface area (TPSA) is 98.8 Å². The lowest BCUT2D eigenvalue weighted by molar-refractivity contribution is -0.122. The number of carbonyl (C=O) groups excluding carboxylic acids is 2. The van der Waals surface area contributed by atoms with E-state index in [0.29, 0.717) is 18.2 Å². The Morgan fingerprint density at radius 2 is 1.85 bits per heavy atom. The first-order chi connectivity index (χ1) is 12.9. The van der Waals surface area contributed by atoms with Crippen molar-refractivity contribution in [3.63, 3.8) is 0 Å². The van der Waals surface area contributed by atoms with Gasteiger partial charge in [-0.05, 0) is 43.5 Å². The van der Waals surface area contributed by atoms with Crippen LogP contribution in [-0.4, -0.2) is 74.2 Å². The molecule has 2 aliphatic heterocycles. The number of nitrogens with one attached hydrogen (secondary N) is 2. The molecular formula is C18H24N4O4S. The van der Waals surface area contributed by atoms with Gasteiger partial charge in [-0.2, -0.15) is 4.31 Å². The molecule has 0 bridgehead atoms. The average Bonchev–Trinajstić information content (AvgIpc) is 3.41. The van der Waals surface area contributed by atoms with Gasteiger partial charge in [0, 0.05) is 43.8 Å². The Bertz CT molecular complexity index is 835. The fourth-order valence-corrected chi connectivity index (χ4v) is 5.09. The molecule has 2 N–H and O–H groups in total. The number of piperazine rings is 1. The first-order valence-electron chi connectivity index (χ1n) is 9.35. The van der Waals surface area contributed by atoms with Crippen LogP contribution in [-0.2, 0) is 14.8 Å². The van der Waals surface area contributed by atoms with E-state index in [4.69, 9.17) is 0 Å². The van der Waals surface area contributed by atoms with E-state index in [1.165, 1.54) is 37.1 Å². The molecule has 3 aliphatic rings. The minimum atomic E-state index is -3.74. The lowest BCUT2D eigenvalue weighted by Gasteiger charge is -2.25. The summed E-state index contributed by atoms with van der Waals surface area (Å²) >= 11 is 0. The highest BCUT2D eigenvalue weighted by molar-refractivity contribution is 7.89. The molecule has 0 aromatic heterocycles. The van der Waals surface area contributed by atoms with Crippen molar-refractivity contribution >= 4 is 21.8 Å². The molecule has 8 nitrogen and oxygen atoms in total. The Hall–Kier alpha value is -1.97. The number of hydrogen-bond donors (Lipinski definition) is 2. The Morgan fingerprint density at radius 3 is 2.52 bits per heavy atom. The molecule has 1 saturated carbocycles. The van der Waals surface area contributed by atoms with Crippen LogP contribution in [0.25, 0.3) is 0 Å². The predicted octanol–water partition coefficient (Wildman–Crippen LogP) is -0.226. The average molecular weight is 392 g/mol. The molecule has 0 radical (unpaired) electrons. The minimum absolute atomic E-state index is 0.0922. The van der Waals surface area contributed by atoms with Gasteiger partial charge in [-0.25, -0.2) is 8.42 Å². The van der Waals surface area contributed by atoms with Gasteiger partial charge in [0.1, 0.15) is 0 Å². The first-order valence-corrected chi connectivity index (χ1v) is 10.8. The maximum atomic E-state index is 12.6. The van der Waals surface area contributed by atoms with Crippen LogP contribution in [0.3, 0.4) is 0 Å². The van der Waals surface area contributed by atoms with Crippen LogP contribution in [0.15, 0.2) is 29.2 Å². The van der Waals surface area contributed by atoms with Crippen molar-refractivity contribution in [3.8, 4) is 0 Å². The maximum absolute atomic E-state index is 12.6. The number of amides is 2. The van der Waals surface area contributed by atoms with E-state index >= 15 is 0 Å². The standard InChI is InChI=1S/C18H24N4O4S/c23-17-12-22(10-8-19-17)27(25,26)16-5-1-13(2-6-16)18(24)20-14-7-9-21(11-14)15-3-4-15/h1-2,5-6,14-15H,3-4,7-12H2,(H,19,23)(H,20,24). The largest absolute Gasteiger partial charge is 0.354 e. The minimum Gasteiger partial charge on any atom is -0.354 e. The predicted molar refractivity (Wildman–Crippen MR) is 98.7 cm³/mol. The number of hydrogen-bond acceptors (Lipinski definition) is 5. The quantitative estimate of drug-likeness (QED) is 0.722. The van der Waals surface area contributed by atoms with Crippen LogP contribution < -0.4 is 10.6 Å². The number of likely N-dealkylation sites (tertiary alicyclic amines) is 1. The monoisotopic (exact) mass is 392 g/mol. The number of sulfonamides is 1. The molecule has 2 heterocycles. The summed E-state index contributed by atoms with van der Waals surface area (Å²) in [6.45, 7) is 2.28. The van der Waals surface area contributed by atoms with E-state index in [2.05, 4.69) is 15.5 Å². The van der Waals surface area contributed by atoms with Crippen LogP contribution in [0.2, 0.25) is 0 Å². The van der Waals surface area contributed by atoms with E-state index in [9.17, 15) is 18.0 Å². The number of carbonyl (C=O) groups is 2. The summed E-state index contributed by atoms with van der Waals surface area (Å²) < 4.78 is 26.4. The van der Waals surface area contributed by atoms with Crippen molar-refractivity contribution in [2.24, 2.45) is 0 Å². The van der Waals surface area contributed by atoms with Crippen LogP contribution in [0, 0.1) is 0 Å². The van der Waals surface area contributed by atoms with Gasteiger partial charge in [-0.3, -0.25) is 14.5 Å². The van der Waals surface area contributed by atoms with Gasteiger partial charge in [0.2, 0.25) is 15.9 Å². The van der Waals surface area contributed by atoms with Gasteiger partial charge in [-0.15, -0.1) is 0 Å². The molecule has 146 valence electrons. The highest BCUT2D eigenvalue weighted by Gasteiger charge is 2.35. The normalized spacial score (nSPS) is 24.6. The smallest absolute Gasteiger partial charge is 0.251 e.